The van der Waals surface area contributed by atoms with Crippen molar-refractivity contribution in [2.45, 2.75) is 26.3 Å². The predicted octanol–water partition coefficient (Wildman–Crippen LogP) is 4.21. The molecule has 0 aliphatic heterocycles. The van der Waals surface area contributed by atoms with Gasteiger partial charge in [0, 0.05) is 17.3 Å². The molecule has 1 atom stereocenters. The fraction of sp³-hybridized carbons (Fsp3) is 0.227. The van der Waals surface area contributed by atoms with E-state index in [0.717, 1.165) is 6.07 Å². The third kappa shape index (κ3) is 5.59. The van der Waals surface area contributed by atoms with Crippen LogP contribution in [0, 0.1) is 12.7 Å². The molecule has 2 amide bonds. The second-order valence-corrected chi connectivity index (χ2v) is 6.80. The van der Waals surface area contributed by atoms with Gasteiger partial charge in [0.15, 0.2) is 5.82 Å². The molecule has 1 unspecified atom stereocenters. The number of amides is 2. The highest BCUT2D eigenvalue weighted by molar-refractivity contribution is 6.05. The SMILES string of the molecule is CCC(Nc1ccc(OC)c(NC(=O)c2cccc(F)c2)c1)C(=O)Nc1cc(C)on1. The van der Waals surface area contributed by atoms with E-state index in [1.54, 1.807) is 31.2 Å². The Morgan fingerprint density at radius 1 is 1.16 bits per heavy atom. The summed E-state index contributed by atoms with van der Waals surface area (Å²) in [5, 5.41) is 12.3. The number of carbonyl (C=O) groups excluding carboxylic acids is 2. The molecule has 3 N–H and O–H groups in total. The van der Waals surface area contributed by atoms with Crippen LogP contribution in [0.3, 0.4) is 0 Å². The molecule has 0 fully saturated rings. The molecule has 0 bridgehead atoms. The van der Waals surface area contributed by atoms with Gasteiger partial charge in [-0.2, -0.15) is 0 Å². The van der Waals surface area contributed by atoms with Gasteiger partial charge in [-0.1, -0.05) is 18.1 Å². The van der Waals surface area contributed by atoms with Crippen LogP contribution < -0.4 is 20.7 Å². The second-order valence-electron chi connectivity index (χ2n) is 6.80. The van der Waals surface area contributed by atoms with Gasteiger partial charge in [-0.15, -0.1) is 0 Å². The van der Waals surface area contributed by atoms with Crippen molar-refractivity contribution in [3.8, 4) is 5.75 Å². The fourth-order valence-electron chi connectivity index (χ4n) is 2.91. The summed E-state index contributed by atoms with van der Waals surface area (Å²) in [4.78, 5) is 25.1. The first-order valence-electron chi connectivity index (χ1n) is 9.65. The number of benzene rings is 2. The lowest BCUT2D eigenvalue weighted by Gasteiger charge is -2.19. The third-order valence-electron chi connectivity index (χ3n) is 4.48. The van der Waals surface area contributed by atoms with Gasteiger partial charge in [0.25, 0.3) is 5.91 Å². The quantitative estimate of drug-likeness (QED) is 0.498. The summed E-state index contributed by atoms with van der Waals surface area (Å²) in [5.74, 6) is 0.0729. The number of nitrogens with one attached hydrogen (secondary N) is 3. The zero-order valence-corrected chi connectivity index (χ0v) is 17.4. The smallest absolute Gasteiger partial charge is 0.255 e. The molecule has 2 aromatic carbocycles. The lowest BCUT2D eigenvalue weighted by molar-refractivity contribution is -0.117. The van der Waals surface area contributed by atoms with E-state index in [9.17, 15) is 14.0 Å². The standard InChI is InChI=1S/C22H23FN4O4/c1-4-17(22(29)26-20-10-13(2)31-27-20)24-16-8-9-19(30-3)18(12-16)25-21(28)14-6-5-7-15(23)11-14/h5-12,17,24H,4H2,1-3H3,(H,25,28)(H,26,27,29). The van der Waals surface area contributed by atoms with Crippen molar-refractivity contribution in [2.75, 3.05) is 23.1 Å². The van der Waals surface area contributed by atoms with Gasteiger partial charge < -0.3 is 25.2 Å². The molecule has 0 aliphatic carbocycles. The van der Waals surface area contributed by atoms with Gasteiger partial charge in [0.1, 0.15) is 23.4 Å². The van der Waals surface area contributed by atoms with Crippen LogP contribution in [-0.2, 0) is 4.79 Å². The van der Waals surface area contributed by atoms with Gasteiger partial charge in [-0.3, -0.25) is 9.59 Å². The van der Waals surface area contributed by atoms with E-state index < -0.39 is 17.8 Å². The summed E-state index contributed by atoms with van der Waals surface area (Å²) in [5.41, 5.74) is 1.15. The average Bonchev–Trinajstić information content (AvgIpc) is 3.16. The number of hydrogen-bond donors (Lipinski definition) is 3. The highest BCUT2D eigenvalue weighted by Gasteiger charge is 2.19. The molecule has 0 radical (unpaired) electrons. The van der Waals surface area contributed by atoms with Crippen LogP contribution in [0.25, 0.3) is 0 Å². The molecule has 31 heavy (non-hydrogen) atoms. The summed E-state index contributed by atoms with van der Waals surface area (Å²) in [7, 11) is 1.47. The Morgan fingerprint density at radius 2 is 1.97 bits per heavy atom. The Labute approximate surface area is 178 Å². The molecule has 1 heterocycles. The van der Waals surface area contributed by atoms with E-state index in [1.807, 2.05) is 6.92 Å². The normalized spacial score (nSPS) is 11.5. The van der Waals surface area contributed by atoms with Gasteiger partial charge in [-0.25, -0.2) is 4.39 Å². The van der Waals surface area contributed by atoms with Gasteiger partial charge in [0.2, 0.25) is 5.91 Å². The van der Waals surface area contributed by atoms with Crippen molar-refractivity contribution in [3.05, 3.63) is 65.7 Å². The van der Waals surface area contributed by atoms with E-state index in [4.69, 9.17) is 9.26 Å². The summed E-state index contributed by atoms with van der Waals surface area (Å²) in [6, 6.07) is 11.5. The average molecular weight is 426 g/mol. The van der Waals surface area contributed by atoms with Gasteiger partial charge in [-0.05, 0) is 49.7 Å². The molecule has 0 spiro atoms. The van der Waals surface area contributed by atoms with E-state index >= 15 is 0 Å². The van der Waals surface area contributed by atoms with Crippen LogP contribution in [-0.4, -0.2) is 30.1 Å². The topological polar surface area (TPSA) is 105 Å². The van der Waals surface area contributed by atoms with Crippen molar-refractivity contribution in [3.63, 3.8) is 0 Å². The zero-order chi connectivity index (χ0) is 22.4. The van der Waals surface area contributed by atoms with Crippen LogP contribution in [0.2, 0.25) is 0 Å². The number of carbonyl (C=O) groups is 2. The lowest BCUT2D eigenvalue weighted by Crippen LogP contribution is -2.34. The summed E-state index contributed by atoms with van der Waals surface area (Å²) in [6.07, 6.45) is 0.500. The molecule has 0 saturated carbocycles. The number of aromatic nitrogens is 1. The highest BCUT2D eigenvalue weighted by Crippen LogP contribution is 2.29. The van der Waals surface area contributed by atoms with Crippen molar-refractivity contribution >= 4 is 29.0 Å². The number of aryl methyl sites for hydroxylation is 1. The number of nitrogens with zero attached hydrogens (tertiary/aromatic N) is 1. The largest absolute Gasteiger partial charge is 0.495 e. The van der Waals surface area contributed by atoms with Crippen molar-refractivity contribution in [1.82, 2.24) is 5.16 Å². The molecule has 3 rings (SSSR count). The molecule has 9 heteroatoms. The third-order valence-corrected chi connectivity index (χ3v) is 4.48. The fourth-order valence-corrected chi connectivity index (χ4v) is 2.91. The number of halogens is 1. The van der Waals surface area contributed by atoms with E-state index in [2.05, 4.69) is 21.1 Å². The number of anilines is 3. The van der Waals surface area contributed by atoms with Crippen molar-refractivity contribution in [1.29, 1.82) is 0 Å². The van der Waals surface area contributed by atoms with E-state index in [1.165, 1.54) is 25.3 Å². The molecule has 1 aromatic heterocycles. The van der Waals surface area contributed by atoms with Crippen LogP contribution in [0.1, 0.15) is 29.5 Å². The molecular weight excluding hydrogens is 403 g/mol. The van der Waals surface area contributed by atoms with Crippen LogP contribution in [0.5, 0.6) is 5.75 Å². The molecule has 0 saturated heterocycles. The second kappa shape index (κ2) is 9.75. The van der Waals surface area contributed by atoms with Gasteiger partial charge >= 0.3 is 0 Å². The molecule has 0 aliphatic rings. The zero-order valence-electron chi connectivity index (χ0n) is 17.4. The van der Waals surface area contributed by atoms with Gasteiger partial charge in [0.05, 0.1) is 12.8 Å². The maximum absolute atomic E-state index is 13.4. The maximum atomic E-state index is 13.4. The first-order chi connectivity index (χ1) is 14.9. The van der Waals surface area contributed by atoms with Crippen molar-refractivity contribution in [2.24, 2.45) is 0 Å². The molecule has 162 valence electrons. The first-order valence-corrected chi connectivity index (χ1v) is 9.65. The predicted molar refractivity (Wildman–Crippen MR) is 115 cm³/mol. The maximum Gasteiger partial charge on any atom is 0.255 e. The monoisotopic (exact) mass is 426 g/mol. The first kappa shape index (κ1) is 21.8. The number of methoxy groups -OCH3 is 1. The molecule has 3 aromatic rings. The number of ether oxygens (including phenoxy) is 1. The van der Waals surface area contributed by atoms with Crippen molar-refractivity contribution < 1.29 is 23.2 Å². The minimum absolute atomic E-state index is 0.175. The molecule has 8 nitrogen and oxygen atoms in total. The number of rotatable bonds is 8. The Morgan fingerprint density at radius 3 is 2.61 bits per heavy atom. The summed E-state index contributed by atoms with van der Waals surface area (Å²) in [6.45, 7) is 3.59. The Kier molecular flexibility index (Phi) is 6.86. The van der Waals surface area contributed by atoms with Crippen LogP contribution >= 0.6 is 0 Å². The lowest BCUT2D eigenvalue weighted by atomic mass is 10.1. The highest BCUT2D eigenvalue weighted by atomic mass is 19.1. The van der Waals surface area contributed by atoms with E-state index in [-0.39, 0.29) is 11.5 Å². The van der Waals surface area contributed by atoms with Crippen LogP contribution in [0.4, 0.5) is 21.6 Å². The Hall–Kier alpha value is -3.88. The molecular formula is C22H23FN4O4. The summed E-state index contributed by atoms with van der Waals surface area (Å²) >= 11 is 0. The Bertz CT molecular complexity index is 1080. The number of hydrogen-bond acceptors (Lipinski definition) is 6. The Balaban J connectivity index is 1.75. The minimum Gasteiger partial charge on any atom is -0.495 e. The minimum atomic E-state index is -0.558. The van der Waals surface area contributed by atoms with Crippen LogP contribution in [0.15, 0.2) is 53.1 Å². The van der Waals surface area contributed by atoms with E-state index in [0.29, 0.717) is 35.1 Å². The summed E-state index contributed by atoms with van der Waals surface area (Å²) < 4.78 is 23.7.